The van der Waals surface area contributed by atoms with E-state index in [0.717, 1.165) is 5.56 Å². The lowest BCUT2D eigenvalue weighted by atomic mass is 10.0. The fraction of sp³-hybridized carbons (Fsp3) is 0.278. The monoisotopic (exact) mass is 363 g/mol. The maximum Gasteiger partial charge on any atom is 0.351 e. The Morgan fingerprint density at radius 3 is 2.32 bits per heavy atom. The zero-order chi connectivity index (χ0) is 18.6. The van der Waals surface area contributed by atoms with Gasteiger partial charge < -0.3 is 14.6 Å². The molecule has 1 aromatic heterocycles. The van der Waals surface area contributed by atoms with Crippen molar-refractivity contribution in [1.82, 2.24) is 0 Å². The van der Waals surface area contributed by atoms with E-state index in [1.807, 2.05) is 0 Å². The summed E-state index contributed by atoms with van der Waals surface area (Å²) in [5.41, 5.74) is -0.399. The molecular weight excluding hydrogens is 346 g/mol. The minimum absolute atomic E-state index is 0.0393. The van der Waals surface area contributed by atoms with Crippen LogP contribution < -0.4 is 5.63 Å². The van der Waals surface area contributed by atoms with Gasteiger partial charge in [0.05, 0.1) is 12.3 Å². The van der Waals surface area contributed by atoms with E-state index in [1.165, 1.54) is 0 Å². The molecule has 0 unspecified atom stereocenters. The van der Waals surface area contributed by atoms with Crippen molar-refractivity contribution in [3.63, 3.8) is 0 Å². The van der Waals surface area contributed by atoms with Gasteiger partial charge in [0.1, 0.15) is 16.9 Å². The van der Waals surface area contributed by atoms with Crippen molar-refractivity contribution >= 4 is 23.1 Å². The van der Waals surface area contributed by atoms with Gasteiger partial charge in [-0.2, -0.15) is 0 Å². The molecule has 0 spiro atoms. The van der Waals surface area contributed by atoms with Crippen LogP contribution in [0, 0.1) is 0 Å². The molecule has 0 aliphatic heterocycles. The molecule has 2 rings (SSSR count). The SMILES string of the molecule is CCC(=O)c1c(O)oc(=O)c(C(CC)=NCc2ccc(Cl)cc2)c1O. The third-order valence-corrected chi connectivity index (χ3v) is 3.92. The Morgan fingerprint density at radius 1 is 1.12 bits per heavy atom. The lowest BCUT2D eigenvalue weighted by Crippen LogP contribution is -2.17. The molecule has 0 fully saturated rings. The van der Waals surface area contributed by atoms with Crippen LogP contribution in [0.3, 0.4) is 0 Å². The number of hydrogen-bond donors (Lipinski definition) is 2. The van der Waals surface area contributed by atoms with E-state index in [4.69, 9.17) is 16.0 Å². The smallest absolute Gasteiger partial charge is 0.351 e. The van der Waals surface area contributed by atoms with Gasteiger partial charge in [0.25, 0.3) is 5.95 Å². The number of aromatic hydroxyl groups is 2. The van der Waals surface area contributed by atoms with Crippen LogP contribution in [-0.4, -0.2) is 21.7 Å². The molecule has 0 aliphatic carbocycles. The van der Waals surface area contributed by atoms with Crippen molar-refractivity contribution in [2.24, 2.45) is 4.99 Å². The number of ketones is 1. The second-order valence-electron chi connectivity index (χ2n) is 5.31. The number of benzene rings is 1. The van der Waals surface area contributed by atoms with E-state index >= 15 is 0 Å². The predicted molar refractivity (Wildman–Crippen MR) is 94.9 cm³/mol. The topological polar surface area (TPSA) is 100 Å². The fourth-order valence-electron chi connectivity index (χ4n) is 2.34. The molecule has 132 valence electrons. The lowest BCUT2D eigenvalue weighted by Gasteiger charge is -2.10. The predicted octanol–water partition coefficient (Wildman–Crippen LogP) is 3.70. The Bertz CT molecular complexity index is 868. The van der Waals surface area contributed by atoms with Crippen LogP contribution in [-0.2, 0) is 6.54 Å². The van der Waals surface area contributed by atoms with Crippen molar-refractivity contribution in [2.45, 2.75) is 33.2 Å². The van der Waals surface area contributed by atoms with Crippen molar-refractivity contribution in [3.8, 4) is 11.7 Å². The Kier molecular flexibility index (Phi) is 5.98. The Labute approximate surface area is 149 Å². The van der Waals surface area contributed by atoms with Crippen LogP contribution in [0.4, 0.5) is 0 Å². The highest BCUT2D eigenvalue weighted by Gasteiger charge is 2.25. The Hall–Kier alpha value is -2.60. The zero-order valence-corrected chi connectivity index (χ0v) is 14.6. The second-order valence-corrected chi connectivity index (χ2v) is 5.75. The standard InChI is InChI=1S/C18H18ClNO5/c1-3-12(20-9-10-5-7-11(19)8-6-10)14-16(22)15(13(21)4-2)18(24)25-17(14)23/h5-8,22,24H,3-4,9H2,1-2H3. The lowest BCUT2D eigenvalue weighted by molar-refractivity contribution is 0.0976. The molecule has 1 heterocycles. The quantitative estimate of drug-likeness (QED) is 0.602. The molecule has 0 saturated carbocycles. The number of rotatable bonds is 6. The van der Waals surface area contributed by atoms with Gasteiger partial charge in [-0.15, -0.1) is 0 Å². The Morgan fingerprint density at radius 2 is 1.76 bits per heavy atom. The summed E-state index contributed by atoms with van der Waals surface area (Å²) < 4.78 is 4.71. The van der Waals surface area contributed by atoms with E-state index in [0.29, 0.717) is 11.4 Å². The molecule has 0 radical (unpaired) electrons. The molecule has 2 aromatic rings. The molecule has 0 saturated heterocycles. The third-order valence-electron chi connectivity index (χ3n) is 3.67. The van der Waals surface area contributed by atoms with Gasteiger partial charge in [-0.3, -0.25) is 9.79 Å². The number of carbonyl (C=O) groups excluding carboxylic acids is 1. The number of Topliss-reactive ketones (excluding diaryl/α,β-unsaturated/α-hetero) is 1. The number of halogens is 1. The minimum Gasteiger partial charge on any atom is -0.506 e. The largest absolute Gasteiger partial charge is 0.506 e. The molecule has 7 heteroatoms. The summed E-state index contributed by atoms with van der Waals surface area (Å²) >= 11 is 5.84. The number of hydrogen-bond acceptors (Lipinski definition) is 6. The minimum atomic E-state index is -0.945. The van der Waals surface area contributed by atoms with Crippen LogP contribution in [0.2, 0.25) is 5.02 Å². The maximum atomic E-state index is 12.1. The molecular formula is C18H18ClNO5. The third kappa shape index (κ3) is 4.09. The summed E-state index contributed by atoms with van der Waals surface area (Å²) in [7, 11) is 0. The molecule has 1 aromatic carbocycles. The first-order valence-electron chi connectivity index (χ1n) is 7.79. The number of aliphatic imine (C=N–C) groups is 1. The van der Waals surface area contributed by atoms with E-state index in [1.54, 1.807) is 38.1 Å². The highest BCUT2D eigenvalue weighted by Crippen LogP contribution is 2.30. The van der Waals surface area contributed by atoms with Gasteiger partial charge in [0, 0.05) is 11.4 Å². The number of carbonyl (C=O) groups is 1. The van der Waals surface area contributed by atoms with Gasteiger partial charge >= 0.3 is 5.63 Å². The molecule has 25 heavy (non-hydrogen) atoms. The average molecular weight is 364 g/mol. The maximum absolute atomic E-state index is 12.1. The van der Waals surface area contributed by atoms with Gasteiger partial charge in [-0.1, -0.05) is 37.6 Å². The summed E-state index contributed by atoms with van der Waals surface area (Å²) in [6, 6.07) is 7.04. The van der Waals surface area contributed by atoms with E-state index in [2.05, 4.69) is 4.99 Å². The highest BCUT2D eigenvalue weighted by atomic mass is 35.5. The zero-order valence-electron chi connectivity index (χ0n) is 13.9. The van der Waals surface area contributed by atoms with Gasteiger partial charge in [-0.25, -0.2) is 4.79 Å². The van der Waals surface area contributed by atoms with Crippen molar-refractivity contribution in [2.75, 3.05) is 0 Å². The van der Waals surface area contributed by atoms with Crippen LogP contribution in [0.25, 0.3) is 0 Å². The summed E-state index contributed by atoms with van der Waals surface area (Å²) in [4.78, 5) is 28.3. The van der Waals surface area contributed by atoms with E-state index in [-0.39, 0.29) is 24.2 Å². The fourth-order valence-corrected chi connectivity index (χ4v) is 2.47. The molecule has 6 nitrogen and oxygen atoms in total. The summed E-state index contributed by atoms with van der Waals surface area (Å²) in [6.45, 7) is 3.59. The van der Waals surface area contributed by atoms with Crippen molar-refractivity contribution in [1.29, 1.82) is 0 Å². The van der Waals surface area contributed by atoms with Gasteiger partial charge in [-0.05, 0) is 24.1 Å². The van der Waals surface area contributed by atoms with Crippen molar-refractivity contribution in [3.05, 3.63) is 56.4 Å². The van der Waals surface area contributed by atoms with E-state index in [9.17, 15) is 19.8 Å². The highest BCUT2D eigenvalue weighted by molar-refractivity contribution is 6.30. The molecule has 0 aliphatic rings. The summed E-state index contributed by atoms with van der Waals surface area (Å²) in [6.07, 6.45) is 0.369. The second kappa shape index (κ2) is 7.98. The first-order valence-corrected chi connectivity index (χ1v) is 8.17. The van der Waals surface area contributed by atoms with Gasteiger partial charge in [0.2, 0.25) is 0 Å². The van der Waals surface area contributed by atoms with Crippen molar-refractivity contribution < 1.29 is 19.4 Å². The van der Waals surface area contributed by atoms with Crippen LogP contribution in [0.1, 0.15) is 48.2 Å². The van der Waals surface area contributed by atoms with Crippen LogP contribution in [0.15, 0.2) is 38.5 Å². The van der Waals surface area contributed by atoms with Crippen LogP contribution in [0.5, 0.6) is 11.7 Å². The first-order chi connectivity index (χ1) is 11.9. The van der Waals surface area contributed by atoms with Gasteiger partial charge in [0.15, 0.2) is 5.78 Å². The Balaban J connectivity index is 2.49. The summed E-state index contributed by atoms with van der Waals surface area (Å²) in [5.74, 6) is -2.02. The molecule has 0 bridgehead atoms. The summed E-state index contributed by atoms with van der Waals surface area (Å²) in [5, 5.41) is 20.6. The molecule has 0 atom stereocenters. The normalized spacial score (nSPS) is 11.6. The number of nitrogens with zero attached hydrogens (tertiary/aromatic N) is 1. The molecule has 0 amide bonds. The van der Waals surface area contributed by atoms with Crippen LogP contribution >= 0.6 is 11.6 Å². The first kappa shape index (κ1) is 18.7. The molecule has 2 N–H and O–H groups in total. The average Bonchev–Trinajstić information content (AvgIpc) is 2.58. The van der Waals surface area contributed by atoms with E-state index < -0.39 is 28.7 Å².